The van der Waals surface area contributed by atoms with Crippen molar-refractivity contribution in [1.29, 1.82) is 0 Å². The van der Waals surface area contributed by atoms with Gasteiger partial charge in [-0.2, -0.15) is 0 Å². The molecule has 108 valence electrons. The van der Waals surface area contributed by atoms with Gasteiger partial charge in [0.2, 0.25) is 0 Å². The molecule has 2 fully saturated rings. The Bertz CT molecular complexity index is 518. The molecule has 0 aromatic heterocycles. The van der Waals surface area contributed by atoms with E-state index in [4.69, 9.17) is 4.74 Å². The normalized spacial score (nSPS) is 25.4. The number of phenolic OH excluding ortho intramolecular Hbond substituents is 1. The minimum atomic E-state index is -0.0164. The second-order valence-electron chi connectivity index (χ2n) is 5.56. The number of hydrogen-bond acceptors (Lipinski definition) is 4. The van der Waals surface area contributed by atoms with Crippen LogP contribution < -0.4 is 10.1 Å². The zero-order chi connectivity index (χ0) is 14.1. The number of carbonyl (C=O) groups is 1. The minimum absolute atomic E-state index is 0.00724. The molecule has 2 heterocycles. The molecule has 2 unspecified atom stereocenters. The average molecular weight is 276 g/mol. The van der Waals surface area contributed by atoms with Crippen LogP contribution in [0.4, 0.5) is 0 Å². The van der Waals surface area contributed by atoms with Crippen LogP contribution in [0.15, 0.2) is 18.2 Å². The van der Waals surface area contributed by atoms with Crippen molar-refractivity contribution < 1.29 is 14.6 Å². The van der Waals surface area contributed by atoms with Crippen LogP contribution >= 0.6 is 0 Å². The van der Waals surface area contributed by atoms with E-state index in [1.165, 1.54) is 19.6 Å². The van der Waals surface area contributed by atoms with E-state index in [-0.39, 0.29) is 11.7 Å². The molecule has 20 heavy (non-hydrogen) atoms. The van der Waals surface area contributed by atoms with Crippen LogP contribution in [-0.4, -0.2) is 48.2 Å². The number of amides is 1. The maximum absolute atomic E-state index is 12.5. The fourth-order valence-electron chi connectivity index (χ4n) is 3.13. The van der Waals surface area contributed by atoms with E-state index < -0.39 is 0 Å². The van der Waals surface area contributed by atoms with Gasteiger partial charge < -0.3 is 20.1 Å². The lowest BCUT2D eigenvalue weighted by Gasteiger charge is -2.24. The molecule has 5 heteroatoms. The third-order valence-corrected chi connectivity index (χ3v) is 4.24. The molecule has 1 amide bonds. The number of fused-ring (bicyclic) bond motifs is 2. The third kappa shape index (κ3) is 2.45. The summed E-state index contributed by atoms with van der Waals surface area (Å²) in [5, 5.41) is 13.3. The highest BCUT2D eigenvalue weighted by Gasteiger charge is 2.31. The van der Waals surface area contributed by atoms with Crippen LogP contribution in [0.2, 0.25) is 0 Å². The van der Waals surface area contributed by atoms with Gasteiger partial charge in [-0.15, -0.1) is 0 Å². The van der Waals surface area contributed by atoms with Gasteiger partial charge in [0.1, 0.15) is 0 Å². The van der Waals surface area contributed by atoms with Gasteiger partial charge in [0, 0.05) is 30.7 Å². The Labute approximate surface area is 118 Å². The molecule has 0 aliphatic carbocycles. The van der Waals surface area contributed by atoms with E-state index in [2.05, 4.69) is 5.32 Å². The minimum Gasteiger partial charge on any atom is -0.504 e. The first-order valence-corrected chi connectivity index (χ1v) is 7.09. The Morgan fingerprint density at radius 3 is 2.90 bits per heavy atom. The number of phenols is 1. The lowest BCUT2D eigenvalue weighted by Crippen LogP contribution is -2.39. The second kappa shape index (κ2) is 5.32. The molecule has 2 saturated heterocycles. The number of nitrogens with one attached hydrogen (secondary N) is 1. The van der Waals surface area contributed by atoms with Gasteiger partial charge in [-0.1, -0.05) is 0 Å². The van der Waals surface area contributed by atoms with Crippen LogP contribution in [0.3, 0.4) is 0 Å². The summed E-state index contributed by atoms with van der Waals surface area (Å²) in [7, 11) is 1.49. The number of ether oxygens (including phenoxy) is 1. The van der Waals surface area contributed by atoms with Gasteiger partial charge in [-0.05, 0) is 37.5 Å². The molecular weight excluding hydrogens is 256 g/mol. The fraction of sp³-hybridized carbons (Fsp3) is 0.533. The summed E-state index contributed by atoms with van der Waals surface area (Å²) in [6.45, 7) is 1.53. The van der Waals surface area contributed by atoms with Gasteiger partial charge in [-0.25, -0.2) is 0 Å². The molecule has 1 aromatic rings. The SMILES string of the molecule is COc1ccc(C(=O)N2CCC3CCC(C2)N3)cc1O. The number of benzene rings is 1. The molecule has 2 N–H and O–H groups in total. The highest BCUT2D eigenvalue weighted by atomic mass is 16.5. The Balaban J connectivity index is 1.76. The van der Waals surface area contributed by atoms with Crippen molar-refractivity contribution in [1.82, 2.24) is 10.2 Å². The summed E-state index contributed by atoms with van der Waals surface area (Å²) in [5.41, 5.74) is 0.515. The summed E-state index contributed by atoms with van der Waals surface area (Å²) in [6, 6.07) is 5.79. The maximum atomic E-state index is 12.5. The van der Waals surface area contributed by atoms with E-state index >= 15 is 0 Å². The molecule has 5 nitrogen and oxygen atoms in total. The van der Waals surface area contributed by atoms with Crippen molar-refractivity contribution in [2.24, 2.45) is 0 Å². The molecule has 2 aliphatic rings. The van der Waals surface area contributed by atoms with Gasteiger partial charge in [0.15, 0.2) is 11.5 Å². The van der Waals surface area contributed by atoms with E-state index in [1.807, 2.05) is 4.90 Å². The van der Waals surface area contributed by atoms with E-state index in [0.29, 0.717) is 23.4 Å². The molecule has 0 saturated carbocycles. The van der Waals surface area contributed by atoms with Crippen LogP contribution in [-0.2, 0) is 0 Å². The van der Waals surface area contributed by atoms with Crippen molar-refractivity contribution >= 4 is 5.91 Å². The lowest BCUT2D eigenvalue weighted by atomic mass is 10.1. The number of carbonyl (C=O) groups excluding carboxylic acids is 1. The Morgan fingerprint density at radius 1 is 1.35 bits per heavy atom. The average Bonchev–Trinajstić information content (AvgIpc) is 2.77. The van der Waals surface area contributed by atoms with Gasteiger partial charge >= 0.3 is 0 Å². The number of likely N-dealkylation sites (tertiary alicyclic amines) is 1. The zero-order valence-corrected chi connectivity index (χ0v) is 11.6. The summed E-state index contributed by atoms with van der Waals surface area (Å²) in [6.07, 6.45) is 3.36. The van der Waals surface area contributed by atoms with Crippen molar-refractivity contribution in [3.8, 4) is 11.5 Å². The summed E-state index contributed by atoms with van der Waals surface area (Å²) in [5.74, 6) is 0.378. The van der Waals surface area contributed by atoms with E-state index in [9.17, 15) is 9.90 Å². The number of aromatic hydroxyl groups is 1. The van der Waals surface area contributed by atoms with Crippen LogP contribution in [0.5, 0.6) is 11.5 Å². The molecule has 2 atom stereocenters. The monoisotopic (exact) mass is 276 g/mol. The van der Waals surface area contributed by atoms with Crippen LogP contribution in [0.25, 0.3) is 0 Å². The molecule has 0 radical (unpaired) electrons. The largest absolute Gasteiger partial charge is 0.504 e. The summed E-state index contributed by atoms with van der Waals surface area (Å²) < 4.78 is 5.00. The van der Waals surface area contributed by atoms with Crippen LogP contribution in [0.1, 0.15) is 29.6 Å². The lowest BCUT2D eigenvalue weighted by molar-refractivity contribution is 0.0747. The number of nitrogens with zero attached hydrogens (tertiary/aromatic N) is 1. The molecule has 2 aliphatic heterocycles. The second-order valence-corrected chi connectivity index (χ2v) is 5.56. The van der Waals surface area contributed by atoms with Crippen molar-refractivity contribution in [2.45, 2.75) is 31.3 Å². The molecule has 3 rings (SSSR count). The van der Waals surface area contributed by atoms with Gasteiger partial charge in [0.25, 0.3) is 5.91 Å². The van der Waals surface area contributed by atoms with Gasteiger partial charge in [0.05, 0.1) is 7.11 Å². The molecular formula is C15H20N2O3. The Hall–Kier alpha value is -1.75. The first-order valence-electron chi connectivity index (χ1n) is 7.09. The van der Waals surface area contributed by atoms with Crippen LogP contribution in [0, 0.1) is 0 Å². The third-order valence-electron chi connectivity index (χ3n) is 4.24. The topological polar surface area (TPSA) is 61.8 Å². The van der Waals surface area contributed by atoms with Crippen molar-refractivity contribution in [3.63, 3.8) is 0 Å². The standard InChI is InChI=1S/C15H20N2O3/c1-20-14-5-2-10(8-13(14)18)15(19)17-7-6-11-3-4-12(9-17)16-11/h2,5,8,11-12,16,18H,3-4,6-7,9H2,1H3. The first-order chi connectivity index (χ1) is 9.67. The Morgan fingerprint density at radius 2 is 2.15 bits per heavy atom. The predicted molar refractivity (Wildman–Crippen MR) is 75.1 cm³/mol. The van der Waals surface area contributed by atoms with E-state index in [0.717, 1.165) is 25.9 Å². The molecule has 1 aromatic carbocycles. The fourth-order valence-corrected chi connectivity index (χ4v) is 3.13. The smallest absolute Gasteiger partial charge is 0.254 e. The number of methoxy groups -OCH3 is 1. The summed E-state index contributed by atoms with van der Waals surface area (Å²) >= 11 is 0. The molecule has 0 spiro atoms. The predicted octanol–water partition coefficient (Wildman–Crippen LogP) is 1.37. The molecule has 2 bridgehead atoms. The zero-order valence-electron chi connectivity index (χ0n) is 11.6. The maximum Gasteiger partial charge on any atom is 0.254 e. The number of hydrogen-bond donors (Lipinski definition) is 2. The van der Waals surface area contributed by atoms with Gasteiger partial charge in [-0.3, -0.25) is 4.79 Å². The number of rotatable bonds is 2. The van der Waals surface area contributed by atoms with Crippen molar-refractivity contribution in [3.05, 3.63) is 23.8 Å². The van der Waals surface area contributed by atoms with E-state index in [1.54, 1.807) is 12.1 Å². The quantitative estimate of drug-likeness (QED) is 0.856. The summed E-state index contributed by atoms with van der Waals surface area (Å²) in [4.78, 5) is 14.4. The highest BCUT2D eigenvalue weighted by Crippen LogP contribution is 2.27. The Kier molecular flexibility index (Phi) is 3.53. The highest BCUT2D eigenvalue weighted by molar-refractivity contribution is 5.95. The first kappa shape index (κ1) is 13.2. The van der Waals surface area contributed by atoms with Crippen molar-refractivity contribution in [2.75, 3.05) is 20.2 Å².